The van der Waals surface area contributed by atoms with Crippen molar-refractivity contribution in [1.29, 1.82) is 0 Å². The number of aromatic nitrogens is 1. The van der Waals surface area contributed by atoms with E-state index >= 15 is 0 Å². The molecule has 0 spiro atoms. The molecule has 0 radical (unpaired) electrons. The van der Waals surface area contributed by atoms with Gasteiger partial charge in [-0.15, -0.1) is 0 Å². The molecule has 178 valence electrons. The van der Waals surface area contributed by atoms with Gasteiger partial charge in [0.25, 0.3) is 21.8 Å². The van der Waals surface area contributed by atoms with Crippen LogP contribution in [0.1, 0.15) is 32.0 Å². The molecule has 1 aromatic heterocycles. The Kier molecular flexibility index (Phi) is 8.14. The number of pyridine rings is 1. The van der Waals surface area contributed by atoms with E-state index < -0.39 is 15.9 Å². The summed E-state index contributed by atoms with van der Waals surface area (Å²) in [5.41, 5.74) is 1.51. The second kappa shape index (κ2) is 10.9. The van der Waals surface area contributed by atoms with Crippen LogP contribution in [0.4, 0.5) is 0 Å². The van der Waals surface area contributed by atoms with Gasteiger partial charge in [-0.2, -0.15) is 0 Å². The average molecular weight is 522 g/mol. The molecule has 0 unspecified atom stereocenters. The molecule has 0 fully saturated rings. The van der Waals surface area contributed by atoms with Gasteiger partial charge >= 0.3 is 0 Å². The molecule has 0 bridgehead atoms. The fourth-order valence-electron chi connectivity index (χ4n) is 3.06. The molecule has 2 aromatic carbocycles. The number of sulfonamides is 1. The molecule has 1 heterocycles. The number of nitrogens with zero attached hydrogens (tertiary/aromatic N) is 1. The van der Waals surface area contributed by atoms with Crippen molar-refractivity contribution in [3.63, 3.8) is 0 Å². The first-order valence-electron chi connectivity index (χ1n) is 10.0. The number of hydrogen-bond donors (Lipinski definition) is 2. The normalized spacial score (nSPS) is 11.1. The van der Waals surface area contributed by atoms with Crippen LogP contribution in [0, 0.1) is 6.92 Å². The number of methoxy groups -OCH3 is 1. The number of carbonyl (C=O) groups excluding carboxylic acids is 2. The largest absolute Gasteiger partial charge is 0.497 e. The van der Waals surface area contributed by atoms with Crippen LogP contribution in [-0.2, 0) is 16.4 Å². The quantitative estimate of drug-likeness (QED) is 0.435. The van der Waals surface area contributed by atoms with Gasteiger partial charge in [0.2, 0.25) is 0 Å². The standard InChI is InChI=1S/C23H21Cl2N3O5S/c1-14-18(8-10-21(25)27-14)23(30)28-34(31,32)17-6-3-15(4-7-17)11-12-26-22(29)19-13-16(33-2)5-9-20(19)24/h3-10,13H,11-12H2,1-2H3,(H,26,29)(H,28,30). The highest BCUT2D eigenvalue weighted by molar-refractivity contribution is 7.90. The van der Waals surface area contributed by atoms with E-state index in [-0.39, 0.29) is 21.5 Å². The molecular formula is C23H21Cl2N3O5S. The summed E-state index contributed by atoms with van der Waals surface area (Å²) in [7, 11) is -2.59. The van der Waals surface area contributed by atoms with Crippen molar-refractivity contribution >= 4 is 45.0 Å². The zero-order valence-electron chi connectivity index (χ0n) is 18.3. The second-order valence-corrected chi connectivity index (χ2v) is 9.67. The van der Waals surface area contributed by atoms with Crippen LogP contribution < -0.4 is 14.8 Å². The van der Waals surface area contributed by atoms with Gasteiger partial charge in [-0.05, 0) is 61.4 Å². The Balaban J connectivity index is 1.60. The van der Waals surface area contributed by atoms with Gasteiger partial charge in [0.05, 0.1) is 33.8 Å². The van der Waals surface area contributed by atoms with E-state index in [9.17, 15) is 18.0 Å². The number of halogens is 2. The Bertz CT molecular complexity index is 1330. The topological polar surface area (TPSA) is 114 Å². The highest BCUT2D eigenvalue weighted by Crippen LogP contribution is 2.22. The summed E-state index contributed by atoms with van der Waals surface area (Å²) in [4.78, 5) is 28.7. The molecule has 0 saturated carbocycles. The second-order valence-electron chi connectivity index (χ2n) is 7.20. The van der Waals surface area contributed by atoms with Crippen molar-refractivity contribution in [2.45, 2.75) is 18.2 Å². The number of carbonyl (C=O) groups is 2. The number of ether oxygens (including phenoxy) is 1. The van der Waals surface area contributed by atoms with E-state index in [0.29, 0.717) is 35.0 Å². The number of aryl methyl sites for hydroxylation is 1. The van der Waals surface area contributed by atoms with Gasteiger partial charge < -0.3 is 10.1 Å². The van der Waals surface area contributed by atoms with Crippen molar-refractivity contribution in [3.8, 4) is 5.75 Å². The van der Waals surface area contributed by atoms with Gasteiger partial charge in [0.15, 0.2) is 0 Å². The smallest absolute Gasteiger partial charge is 0.266 e. The minimum atomic E-state index is -4.09. The Morgan fingerprint density at radius 2 is 1.68 bits per heavy atom. The lowest BCUT2D eigenvalue weighted by molar-refractivity contribution is 0.0951. The van der Waals surface area contributed by atoms with Gasteiger partial charge in [-0.1, -0.05) is 35.3 Å². The average Bonchev–Trinajstić information content (AvgIpc) is 2.79. The molecule has 0 atom stereocenters. The van der Waals surface area contributed by atoms with Crippen LogP contribution >= 0.6 is 23.2 Å². The molecule has 2 N–H and O–H groups in total. The zero-order valence-corrected chi connectivity index (χ0v) is 20.6. The van der Waals surface area contributed by atoms with E-state index in [2.05, 4.69) is 10.3 Å². The number of benzene rings is 2. The Morgan fingerprint density at radius 1 is 0.971 bits per heavy atom. The van der Waals surface area contributed by atoms with Gasteiger partial charge in [-0.3, -0.25) is 9.59 Å². The van der Waals surface area contributed by atoms with Crippen LogP contribution in [0.25, 0.3) is 0 Å². The van der Waals surface area contributed by atoms with Crippen LogP contribution in [-0.4, -0.2) is 38.9 Å². The molecule has 0 saturated heterocycles. The summed E-state index contributed by atoms with van der Waals surface area (Å²) in [6.45, 7) is 1.86. The molecule has 0 aliphatic rings. The molecule has 8 nitrogen and oxygen atoms in total. The fraction of sp³-hybridized carbons (Fsp3) is 0.174. The first-order valence-corrected chi connectivity index (χ1v) is 12.3. The first kappa shape index (κ1) is 25.5. The van der Waals surface area contributed by atoms with Crippen molar-refractivity contribution in [2.24, 2.45) is 0 Å². The molecule has 2 amide bonds. The van der Waals surface area contributed by atoms with Gasteiger partial charge in [-0.25, -0.2) is 18.1 Å². The number of rotatable bonds is 8. The van der Waals surface area contributed by atoms with E-state index in [1.807, 2.05) is 4.72 Å². The van der Waals surface area contributed by atoms with Crippen LogP contribution in [0.15, 0.2) is 59.5 Å². The van der Waals surface area contributed by atoms with Crippen LogP contribution in [0.2, 0.25) is 10.2 Å². The van der Waals surface area contributed by atoms with E-state index in [0.717, 1.165) is 5.56 Å². The third-order valence-electron chi connectivity index (χ3n) is 4.87. The fourth-order valence-corrected chi connectivity index (χ4v) is 4.42. The maximum absolute atomic E-state index is 12.6. The number of nitrogens with one attached hydrogen (secondary N) is 2. The predicted molar refractivity (Wildman–Crippen MR) is 129 cm³/mol. The summed E-state index contributed by atoms with van der Waals surface area (Å²) in [6.07, 6.45) is 0.454. The van der Waals surface area contributed by atoms with Crippen LogP contribution in [0.3, 0.4) is 0 Å². The zero-order chi connectivity index (χ0) is 24.9. The molecule has 11 heteroatoms. The summed E-state index contributed by atoms with van der Waals surface area (Å²) < 4.78 is 32.3. The molecule has 3 aromatic rings. The minimum absolute atomic E-state index is 0.0728. The molecule has 3 rings (SSSR count). The lowest BCUT2D eigenvalue weighted by atomic mass is 10.1. The summed E-state index contributed by atoms with van der Waals surface area (Å²) in [6, 6.07) is 13.6. The SMILES string of the molecule is COc1ccc(Cl)c(C(=O)NCCc2ccc(S(=O)(=O)NC(=O)c3ccc(Cl)nc3C)cc2)c1. The summed E-state index contributed by atoms with van der Waals surface area (Å²) >= 11 is 11.9. The summed E-state index contributed by atoms with van der Waals surface area (Å²) in [5, 5.41) is 3.28. The van der Waals surface area contributed by atoms with E-state index in [1.165, 1.54) is 31.4 Å². The van der Waals surface area contributed by atoms with Crippen molar-refractivity contribution in [3.05, 3.63) is 87.2 Å². The van der Waals surface area contributed by atoms with E-state index in [1.54, 1.807) is 37.3 Å². The number of hydrogen-bond acceptors (Lipinski definition) is 6. The summed E-state index contributed by atoms with van der Waals surface area (Å²) in [5.74, 6) is -0.636. The number of amides is 2. The van der Waals surface area contributed by atoms with Crippen molar-refractivity contribution < 1.29 is 22.7 Å². The van der Waals surface area contributed by atoms with E-state index in [4.69, 9.17) is 27.9 Å². The Hall–Kier alpha value is -3.14. The highest BCUT2D eigenvalue weighted by Gasteiger charge is 2.20. The van der Waals surface area contributed by atoms with Crippen LogP contribution in [0.5, 0.6) is 5.75 Å². The Morgan fingerprint density at radius 3 is 2.32 bits per heavy atom. The minimum Gasteiger partial charge on any atom is -0.497 e. The maximum atomic E-state index is 12.6. The lowest BCUT2D eigenvalue weighted by Crippen LogP contribution is -2.31. The Labute approximate surface area is 207 Å². The lowest BCUT2D eigenvalue weighted by Gasteiger charge is -2.10. The molecule has 0 aliphatic heterocycles. The third-order valence-corrected chi connectivity index (χ3v) is 6.76. The van der Waals surface area contributed by atoms with Crippen molar-refractivity contribution in [1.82, 2.24) is 15.0 Å². The maximum Gasteiger partial charge on any atom is 0.266 e. The molecular weight excluding hydrogens is 501 g/mol. The molecule has 0 aliphatic carbocycles. The van der Waals surface area contributed by atoms with Gasteiger partial charge in [0.1, 0.15) is 10.9 Å². The first-order chi connectivity index (χ1) is 16.1. The van der Waals surface area contributed by atoms with Gasteiger partial charge in [0, 0.05) is 6.54 Å². The monoisotopic (exact) mass is 521 g/mol. The van der Waals surface area contributed by atoms with Crippen molar-refractivity contribution in [2.75, 3.05) is 13.7 Å². The highest BCUT2D eigenvalue weighted by atomic mass is 35.5. The molecule has 34 heavy (non-hydrogen) atoms. The third kappa shape index (κ3) is 6.25. The predicted octanol–water partition coefficient (Wildman–Crippen LogP) is 3.80.